The highest BCUT2D eigenvalue weighted by molar-refractivity contribution is 5.81. The van der Waals surface area contributed by atoms with E-state index >= 15 is 0 Å². The predicted molar refractivity (Wildman–Crippen MR) is 93.6 cm³/mol. The van der Waals surface area contributed by atoms with Gasteiger partial charge in [0.05, 0.1) is 0 Å². The molecule has 0 bridgehead atoms. The molecular formula is C21H33NO. The zero-order valence-electron chi connectivity index (χ0n) is 15.3. The maximum atomic E-state index is 12.3. The smallest absolute Gasteiger partial charge is 0.223 e. The van der Waals surface area contributed by atoms with Crippen LogP contribution in [0.1, 0.15) is 72.6 Å². The Bertz CT molecular complexity index is 574. The lowest BCUT2D eigenvalue weighted by molar-refractivity contribution is -0.138. The summed E-state index contributed by atoms with van der Waals surface area (Å²) < 4.78 is 0. The van der Waals surface area contributed by atoms with Gasteiger partial charge in [-0.3, -0.25) is 4.79 Å². The molecule has 1 amide bonds. The second-order valence-corrected chi connectivity index (χ2v) is 10.2. The number of carbonyl (C=O) groups is 1. The number of carbonyl (C=O) groups excluding carboxylic acids is 1. The number of allylic oxidation sites excluding steroid dienone is 2. The van der Waals surface area contributed by atoms with E-state index in [1.54, 1.807) is 5.57 Å². The van der Waals surface area contributed by atoms with Crippen molar-refractivity contribution in [2.24, 2.45) is 46.2 Å². The van der Waals surface area contributed by atoms with Crippen molar-refractivity contribution in [3.63, 3.8) is 0 Å². The molecule has 0 aromatic rings. The molecule has 0 aliphatic heterocycles. The molecule has 2 fully saturated rings. The van der Waals surface area contributed by atoms with Crippen molar-refractivity contribution in [1.29, 1.82) is 0 Å². The van der Waals surface area contributed by atoms with Gasteiger partial charge in [-0.1, -0.05) is 38.8 Å². The first-order valence-corrected chi connectivity index (χ1v) is 9.75. The van der Waals surface area contributed by atoms with Crippen LogP contribution in [0.4, 0.5) is 0 Å². The highest BCUT2D eigenvalue weighted by Crippen LogP contribution is 2.64. The molecule has 4 aliphatic carbocycles. The van der Waals surface area contributed by atoms with E-state index in [1.165, 1.54) is 38.5 Å². The van der Waals surface area contributed by atoms with Crippen LogP contribution < -0.4 is 5.73 Å². The minimum absolute atomic E-state index is 0.0454. The summed E-state index contributed by atoms with van der Waals surface area (Å²) in [6.45, 7) is 9.55. The van der Waals surface area contributed by atoms with Gasteiger partial charge in [-0.15, -0.1) is 0 Å². The van der Waals surface area contributed by atoms with E-state index in [-0.39, 0.29) is 11.3 Å². The van der Waals surface area contributed by atoms with Crippen molar-refractivity contribution in [2.75, 3.05) is 0 Å². The van der Waals surface area contributed by atoms with Crippen LogP contribution in [0.2, 0.25) is 0 Å². The normalized spacial score (nSPS) is 47.9. The zero-order chi connectivity index (χ0) is 16.6. The first-order valence-electron chi connectivity index (χ1n) is 9.75. The van der Waals surface area contributed by atoms with Crippen LogP contribution >= 0.6 is 0 Å². The van der Waals surface area contributed by atoms with Crippen molar-refractivity contribution >= 4 is 5.91 Å². The molecule has 0 heterocycles. The topological polar surface area (TPSA) is 43.1 Å². The summed E-state index contributed by atoms with van der Waals surface area (Å²) in [6.07, 6.45) is 8.64. The lowest BCUT2D eigenvalue weighted by atomic mass is 9.45. The summed E-state index contributed by atoms with van der Waals surface area (Å²) in [5.74, 6) is 3.51. The molecule has 4 aliphatic rings. The van der Waals surface area contributed by atoms with Gasteiger partial charge in [0.2, 0.25) is 5.91 Å². The van der Waals surface area contributed by atoms with E-state index in [1.807, 2.05) is 5.57 Å². The molecule has 0 aromatic carbocycles. The van der Waals surface area contributed by atoms with Crippen molar-refractivity contribution in [3.8, 4) is 0 Å². The lowest BCUT2D eigenvalue weighted by Gasteiger charge is -2.59. The third-order valence-electron chi connectivity index (χ3n) is 8.12. The molecule has 4 unspecified atom stereocenters. The van der Waals surface area contributed by atoms with Crippen LogP contribution in [0.15, 0.2) is 11.1 Å². The van der Waals surface area contributed by atoms with Gasteiger partial charge in [-0.2, -0.15) is 0 Å². The fourth-order valence-corrected chi connectivity index (χ4v) is 7.14. The maximum absolute atomic E-state index is 12.3. The van der Waals surface area contributed by atoms with Gasteiger partial charge in [0.15, 0.2) is 0 Å². The molecule has 23 heavy (non-hydrogen) atoms. The molecule has 4 rings (SSSR count). The third-order valence-corrected chi connectivity index (χ3v) is 8.12. The number of nitrogens with two attached hydrogens (primary N) is 1. The fraction of sp³-hybridized carbons (Fsp3) is 0.857. The molecule has 2 heteroatoms. The quantitative estimate of drug-likeness (QED) is 0.701. The zero-order valence-corrected chi connectivity index (χ0v) is 15.3. The number of rotatable bonds is 1. The highest BCUT2D eigenvalue weighted by Gasteiger charge is 2.57. The molecule has 0 aromatic heterocycles. The number of primary amides is 1. The van der Waals surface area contributed by atoms with Crippen LogP contribution in [0.5, 0.6) is 0 Å². The average Bonchev–Trinajstić information content (AvgIpc) is 2.44. The molecule has 128 valence electrons. The number of hydrogen-bond donors (Lipinski definition) is 1. The SMILES string of the molecule is C[C@H]1CC2CC(C)(C)CC3=C2C2C1CC[C@](C)(C(N)=O)C2CC3. The Morgan fingerprint density at radius 3 is 2.65 bits per heavy atom. The van der Waals surface area contributed by atoms with E-state index in [0.717, 1.165) is 24.2 Å². The van der Waals surface area contributed by atoms with Gasteiger partial charge in [-0.25, -0.2) is 0 Å². The minimum Gasteiger partial charge on any atom is -0.369 e. The Hall–Kier alpha value is -0.790. The van der Waals surface area contributed by atoms with E-state index in [4.69, 9.17) is 5.73 Å². The Balaban J connectivity index is 1.81. The van der Waals surface area contributed by atoms with Gasteiger partial charge >= 0.3 is 0 Å². The summed E-state index contributed by atoms with van der Waals surface area (Å²) in [5.41, 5.74) is 9.68. The summed E-state index contributed by atoms with van der Waals surface area (Å²) >= 11 is 0. The molecule has 2 saturated carbocycles. The predicted octanol–water partition coefficient (Wildman–Crippen LogP) is 4.69. The minimum atomic E-state index is -0.270. The number of hydrogen-bond acceptors (Lipinski definition) is 1. The van der Waals surface area contributed by atoms with Crippen LogP contribution in [-0.4, -0.2) is 5.91 Å². The second-order valence-electron chi connectivity index (χ2n) is 10.2. The van der Waals surface area contributed by atoms with E-state index in [2.05, 4.69) is 27.7 Å². The molecule has 2 nitrogen and oxygen atoms in total. The standard InChI is InChI=1S/C21H33NO/c1-12-9-14-11-20(2,3)10-13-5-6-16-18(17(13)14)15(12)7-8-21(16,4)19(22)23/h12,14-16,18H,5-11H2,1-4H3,(H2,22,23)/t12-,14?,15?,16?,18?,21-/m0/s1. The van der Waals surface area contributed by atoms with E-state index in [0.29, 0.717) is 17.3 Å². The summed E-state index contributed by atoms with van der Waals surface area (Å²) in [7, 11) is 0. The summed E-state index contributed by atoms with van der Waals surface area (Å²) in [6, 6.07) is 0. The molecule has 2 N–H and O–H groups in total. The first-order chi connectivity index (χ1) is 10.7. The van der Waals surface area contributed by atoms with Crippen LogP contribution in [0, 0.1) is 40.4 Å². The Kier molecular flexibility index (Phi) is 3.32. The Labute approximate surface area is 141 Å². The van der Waals surface area contributed by atoms with Crippen LogP contribution in [-0.2, 0) is 4.79 Å². The monoisotopic (exact) mass is 315 g/mol. The van der Waals surface area contributed by atoms with Gasteiger partial charge in [0, 0.05) is 5.41 Å². The van der Waals surface area contributed by atoms with Gasteiger partial charge in [-0.05, 0) is 80.0 Å². The highest BCUT2D eigenvalue weighted by atomic mass is 16.1. The lowest BCUT2D eigenvalue weighted by Crippen LogP contribution is -2.55. The molecule has 0 radical (unpaired) electrons. The van der Waals surface area contributed by atoms with Gasteiger partial charge in [0.25, 0.3) is 0 Å². The Morgan fingerprint density at radius 2 is 1.96 bits per heavy atom. The fourth-order valence-electron chi connectivity index (χ4n) is 7.14. The van der Waals surface area contributed by atoms with Crippen molar-refractivity contribution in [2.45, 2.75) is 72.6 Å². The third kappa shape index (κ3) is 2.16. The average molecular weight is 316 g/mol. The summed E-state index contributed by atoms with van der Waals surface area (Å²) in [5, 5.41) is 0. The van der Waals surface area contributed by atoms with E-state index < -0.39 is 0 Å². The molecule has 0 saturated heterocycles. The maximum Gasteiger partial charge on any atom is 0.223 e. The van der Waals surface area contributed by atoms with Crippen molar-refractivity contribution < 1.29 is 4.79 Å². The summed E-state index contributed by atoms with van der Waals surface area (Å²) in [4.78, 5) is 12.3. The van der Waals surface area contributed by atoms with Crippen LogP contribution in [0.3, 0.4) is 0 Å². The van der Waals surface area contributed by atoms with Crippen molar-refractivity contribution in [1.82, 2.24) is 0 Å². The first kappa shape index (κ1) is 15.7. The van der Waals surface area contributed by atoms with E-state index in [9.17, 15) is 4.79 Å². The largest absolute Gasteiger partial charge is 0.369 e. The van der Waals surface area contributed by atoms with Gasteiger partial charge < -0.3 is 5.73 Å². The molecule has 6 atom stereocenters. The Morgan fingerprint density at radius 1 is 1.22 bits per heavy atom. The van der Waals surface area contributed by atoms with Crippen molar-refractivity contribution in [3.05, 3.63) is 11.1 Å². The molecule has 0 spiro atoms. The second kappa shape index (κ2) is 4.86. The van der Waals surface area contributed by atoms with Crippen LogP contribution in [0.25, 0.3) is 0 Å². The van der Waals surface area contributed by atoms with Gasteiger partial charge in [0.1, 0.15) is 0 Å². The number of amides is 1. The molecular weight excluding hydrogens is 282 g/mol.